The molecule has 0 radical (unpaired) electrons. The first kappa shape index (κ1) is 12.7. The number of carbonyl (C=O) groups excluding carboxylic acids is 1. The fourth-order valence-electron chi connectivity index (χ4n) is 2.39. The fourth-order valence-corrected chi connectivity index (χ4v) is 2.39. The Hall–Kier alpha value is -1.71. The second kappa shape index (κ2) is 5.29. The third kappa shape index (κ3) is 2.42. The Kier molecular flexibility index (Phi) is 3.75. The van der Waals surface area contributed by atoms with Crippen LogP contribution in [-0.2, 0) is 0 Å². The summed E-state index contributed by atoms with van der Waals surface area (Å²) in [5, 5.41) is 2.68. The lowest BCUT2D eigenvalue weighted by atomic mass is 10.1. The van der Waals surface area contributed by atoms with Gasteiger partial charge in [-0.2, -0.15) is 0 Å². The molecule has 18 heavy (non-hydrogen) atoms. The van der Waals surface area contributed by atoms with Gasteiger partial charge in [-0.25, -0.2) is 4.79 Å². The number of benzene rings is 1. The predicted octanol–water partition coefficient (Wildman–Crippen LogP) is 1.76. The van der Waals surface area contributed by atoms with Crippen molar-refractivity contribution in [3.05, 3.63) is 29.3 Å². The molecule has 1 aliphatic rings. The first-order chi connectivity index (χ1) is 8.63. The van der Waals surface area contributed by atoms with Gasteiger partial charge in [0.25, 0.3) is 0 Å². The van der Waals surface area contributed by atoms with Gasteiger partial charge in [0.05, 0.1) is 0 Å². The van der Waals surface area contributed by atoms with Crippen LogP contribution >= 0.6 is 0 Å². The fraction of sp³-hybridized carbons (Fsp3) is 0.500. The van der Waals surface area contributed by atoms with E-state index in [0.29, 0.717) is 0 Å². The Morgan fingerprint density at radius 3 is 2.44 bits per heavy atom. The third-order valence-electron chi connectivity index (χ3n) is 3.70. The smallest absolute Gasteiger partial charge is 0.317 e. The van der Waals surface area contributed by atoms with Crippen LogP contribution in [0.2, 0.25) is 0 Å². The van der Waals surface area contributed by atoms with E-state index in [4.69, 9.17) is 0 Å². The van der Waals surface area contributed by atoms with Gasteiger partial charge >= 0.3 is 6.03 Å². The summed E-state index contributed by atoms with van der Waals surface area (Å²) >= 11 is 0. The number of hydrogen-bond donors (Lipinski definition) is 1. The molecular weight excluding hydrogens is 226 g/mol. The summed E-state index contributed by atoms with van der Waals surface area (Å²) in [4.78, 5) is 15.8. The zero-order chi connectivity index (χ0) is 13.1. The van der Waals surface area contributed by atoms with Gasteiger partial charge in [0.2, 0.25) is 0 Å². The quantitative estimate of drug-likeness (QED) is 0.821. The molecule has 0 atom stereocenters. The molecule has 1 aromatic carbocycles. The molecule has 2 amide bonds. The number of urea groups is 1. The summed E-state index contributed by atoms with van der Waals surface area (Å²) in [6, 6.07) is 6.43. The molecule has 1 aliphatic heterocycles. The van der Waals surface area contributed by atoms with Crippen molar-refractivity contribution in [2.45, 2.75) is 13.8 Å². The lowest BCUT2D eigenvalue weighted by molar-refractivity contribution is 0.196. The number of aryl methyl sites for hydroxylation is 1. The lowest BCUT2D eigenvalue weighted by Gasteiger charge is -2.36. The zero-order valence-corrected chi connectivity index (χ0v) is 11.4. The number of nitrogens with zero attached hydrogens (tertiary/aromatic N) is 2. The van der Waals surface area contributed by atoms with Crippen molar-refractivity contribution in [1.82, 2.24) is 10.2 Å². The molecule has 4 nitrogen and oxygen atoms in total. The van der Waals surface area contributed by atoms with E-state index in [0.717, 1.165) is 26.2 Å². The monoisotopic (exact) mass is 247 g/mol. The van der Waals surface area contributed by atoms with Gasteiger partial charge in [-0.15, -0.1) is 0 Å². The van der Waals surface area contributed by atoms with Crippen LogP contribution in [0, 0.1) is 13.8 Å². The number of anilines is 1. The molecule has 1 heterocycles. The van der Waals surface area contributed by atoms with Crippen LogP contribution in [0.5, 0.6) is 0 Å². The van der Waals surface area contributed by atoms with Crippen molar-refractivity contribution < 1.29 is 4.79 Å². The minimum atomic E-state index is 0.0237. The Morgan fingerprint density at radius 2 is 1.83 bits per heavy atom. The van der Waals surface area contributed by atoms with Gasteiger partial charge in [0.1, 0.15) is 0 Å². The highest BCUT2D eigenvalue weighted by atomic mass is 16.2. The standard InChI is InChI=1S/C14H21N3O/c1-11-5-4-6-13(12(11)2)16-7-9-17(10-8-16)14(18)15-3/h4-6H,7-10H2,1-3H3,(H,15,18). The third-order valence-corrected chi connectivity index (χ3v) is 3.70. The van der Waals surface area contributed by atoms with Crippen LogP contribution in [0.25, 0.3) is 0 Å². The highest BCUT2D eigenvalue weighted by Gasteiger charge is 2.21. The molecule has 1 saturated heterocycles. The van der Waals surface area contributed by atoms with Crippen LogP contribution in [0.1, 0.15) is 11.1 Å². The van der Waals surface area contributed by atoms with E-state index in [1.807, 2.05) is 4.90 Å². The van der Waals surface area contributed by atoms with E-state index in [2.05, 4.69) is 42.3 Å². The van der Waals surface area contributed by atoms with E-state index < -0.39 is 0 Å². The molecule has 1 aromatic rings. The van der Waals surface area contributed by atoms with E-state index in [-0.39, 0.29) is 6.03 Å². The average Bonchev–Trinajstić information content (AvgIpc) is 2.41. The Morgan fingerprint density at radius 1 is 1.17 bits per heavy atom. The van der Waals surface area contributed by atoms with Crippen LogP contribution in [0.3, 0.4) is 0 Å². The molecule has 0 aliphatic carbocycles. The molecule has 0 aromatic heterocycles. The summed E-state index contributed by atoms with van der Waals surface area (Å²) in [5.74, 6) is 0. The number of rotatable bonds is 1. The number of amides is 2. The summed E-state index contributed by atoms with van der Waals surface area (Å²) < 4.78 is 0. The molecule has 4 heteroatoms. The maximum absolute atomic E-state index is 11.5. The Labute approximate surface area is 109 Å². The second-order valence-electron chi connectivity index (χ2n) is 4.75. The molecule has 1 fully saturated rings. The maximum atomic E-state index is 11.5. The van der Waals surface area contributed by atoms with Crippen LogP contribution in [-0.4, -0.2) is 44.2 Å². The van der Waals surface area contributed by atoms with E-state index in [9.17, 15) is 4.79 Å². The summed E-state index contributed by atoms with van der Waals surface area (Å²) in [7, 11) is 1.68. The molecule has 1 N–H and O–H groups in total. The number of carbonyl (C=O) groups is 1. The average molecular weight is 247 g/mol. The summed E-state index contributed by atoms with van der Waals surface area (Å²) in [6.07, 6.45) is 0. The van der Waals surface area contributed by atoms with Crippen molar-refractivity contribution in [3.63, 3.8) is 0 Å². The topological polar surface area (TPSA) is 35.6 Å². The van der Waals surface area contributed by atoms with Crippen molar-refractivity contribution in [1.29, 1.82) is 0 Å². The summed E-state index contributed by atoms with van der Waals surface area (Å²) in [5.41, 5.74) is 3.96. The molecule has 0 saturated carbocycles. The zero-order valence-electron chi connectivity index (χ0n) is 11.4. The van der Waals surface area contributed by atoms with Crippen molar-refractivity contribution in [2.75, 3.05) is 38.1 Å². The largest absolute Gasteiger partial charge is 0.368 e. The van der Waals surface area contributed by atoms with Gasteiger partial charge < -0.3 is 15.1 Å². The number of piperazine rings is 1. The molecule has 2 rings (SSSR count). The Balaban J connectivity index is 2.06. The number of nitrogens with one attached hydrogen (secondary N) is 1. The normalized spacial score (nSPS) is 15.7. The molecule has 0 bridgehead atoms. The van der Waals surface area contributed by atoms with Crippen molar-refractivity contribution in [2.24, 2.45) is 0 Å². The Bertz CT molecular complexity index is 437. The second-order valence-corrected chi connectivity index (χ2v) is 4.75. The summed E-state index contributed by atoms with van der Waals surface area (Å²) in [6.45, 7) is 7.67. The first-order valence-electron chi connectivity index (χ1n) is 6.41. The van der Waals surface area contributed by atoms with E-state index >= 15 is 0 Å². The minimum absolute atomic E-state index is 0.0237. The molecular formula is C14H21N3O. The minimum Gasteiger partial charge on any atom is -0.368 e. The SMILES string of the molecule is CNC(=O)N1CCN(c2cccc(C)c2C)CC1. The molecule has 98 valence electrons. The highest BCUT2D eigenvalue weighted by Crippen LogP contribution is 2.23. The van der Waals surface area contributed by atoms with Gasteiger partial charge in [-0.05, 0) is 31.0 Å². The van der Waals surface area contributed by atoms with Crippen LogP contribution in [0.4, 0.5) is 10.5 Å². The van der Waals surface area contributed by atoms with Crippen molar-refractivity contribution in [3.8, 4) is 0 Å². The highest BCUT2D eigenvalue weighted by molar-refractivity contribution is 5.74. The lowest BCUT2D eigenvalue weighted by Crippen LogP contribution is -2.51. The van der Waals surface area contributed by atoms with Gasteiger partial charge in [0, 0.05) is 38.9 Å². The molecule has 0 unspecified atom stereocenters. The van der Waals surface area contributed by atoms with Gasteiger partial charge in [-0.1, -0.05) is 12.1 Å². The van der Waals surface area contributed by atoms with Crippen LogP contribution < -0.4 is 10.2 Å². The number of hydrogen-bond acceptors (Lipinski definition) is 2. The van der Waals surface area contributed by atoms with Gasteiger partial charge in [-0.3, -0.25) is 0 Å². The van der Waals surface area contributed by atoms with E-state index in [1.54, 1.807) is 7.05 Å². The predicted molar refractivity (Wildman–Crippen MR) is 74.2 cm³/mol. The van der Waals surface area contributed by atoms with Crippen molar-refractivity contribution >= 4 is 11.7 Å². The molecule has 0 spiro atoms. The van der Waals surface area contributed by atoms with E-state index in [1.165, 1.54) is 16.8 Å². The first-order valence-corrected chi connectivity index (χ1v) is 6.41. The maximum Gasteiger partial charge on any atom is 0.317 e. The van der Waals surface area contributed by atoms with Crippen LogP contribution in [0.15, 0.2) is 18.2 Å². The van der Waals surface area contributed by atoms with Gasteiger partial charge in [0.15, 0.2) is 0 Å².